The van der Waals surface area contributed by atoms with Crippen LogP contribution in [0.5, 0.6) is 0 Å². The molecule has 1 aromatic rings. The molecule has 1 aromatic carbocycles. The van der Waals surface area contributed by atoms with Gasteiger partial charge in [0.2, 0.25) is 0 Å². The maximum Gasteiger partial charge on any atom is 0.251 e. The van der Waals surface area contributed by atoms with Crippen molar-refractivity contribution in [1.29, 1.82) is 0 Å². The van der Waals surface area contributed by atoms with E-state index in [0.29, 0.717) is 16.7 Å². The summed E-state index contributed by atoms with van der Waals surface area (Å²) in [6, 6.07) is 6.00. The SMILES string of the molecule is CC1(C)C(CNC(=O)c2ccc3c(c2)CCCN3)C1(C)C. The summed E-state index contributed by atoms with van der Waals surface area (Å²) in [7, 11) is 0. The summed E-state index contributed by atoms with van der Waals surface area (Å²) in [6.45, 7) is 10.9. The van der Waals surface area contributed by atoms with Gasteiger partial charge in [0, 0.05) is 24.3 Å². The van der Waals surface area contributed by atoms with Gasteiger partial charge in [-0.25, -0.2) is 0 Å². The van der Waals surface area contributed by atoms with Crippen LogP contribution in [0.25, 0.3) is 0 Å². The molecule has 1 fully saturated rings. The fourth-order valence-electron chi connectivity index (χ4n) is 3.76. The summed E-state index contributed by atoms with van der Waals surface area (Å²) < 4.78 is 0. The van der Waals surface area contributed by atoms with E-state index in [4.69, 9.17) is 0 Å². The number of hydrogen-bond donors (Lipinski definition) is 2. The van der Waals surface area contributed by atoms with E-state index in [2.05, 4.69) is 38.3 Å². The molecule has 114 valence electrons. The smallest absolute Gasteiger partial charge is 0.251 e. The summed E-state index contributed by atoms with van der Waals surface area (Å²) in [6.07, 6.45) is 2.20. The molecule has 0 spiro atoms. The number of carbonyl (C=O) groups is 1. The number of hydrogen-bond acceptors (Lipinski definition) is 2. The number of benzene rings is 1. The van der Waals surface area contributed by atoms with Gasteiger partial charge < -0.3 is 10.6 Å². The van der Waals surface area contributed by atoms with Crippen molar-refractivity contribution in [3.63, 3.8) is 0 Å². The van der Waals surface area contributed by atoms with Crippen LogP contribution in [0.4, 0.5) is 5.69 Å². The lowest BCUT2D eigenvalue weighted by atomic mass is 10.0. The topological polar surface area (TPSA) is 41.1 Å². The standard InChI is InChI=1S/C18H26N2O/c1-17(2)15(18(17,3)4)11-20-16(21)13-7-8-14-12(10-13)6-5-9-19-14/h7-8,10,15,19H,5-6,9,11H2,1-4H3,(H,20,21). The van der Waals surface area contributed by atoms with Crippen LogP contribution in [0.1, 0.15) is 50.0 Å². The molecule has 1 heterocycles. The quantitative estimate of drug-likeness (QED) is 0.893. The van der Waals surface area contributed by atoms with E-state index >= 15 is 0 Å². The Labute approximate surface area is 127 Å². The molecular weight excluding hydrogens is 260 g/mol. The number of rotatable bonds is 3. The summed E-state index contributed by atoms with van der Waals surface area (Å²) >= 11 is 0. The number of amides is 1. The van der Waals surface area contributed by atoms with E-state index in [1.165, 1.54) is 11.3 Å². The average Bonchev–Trinajstić information content (AvgIpc) is 2.85. The van der Waals surface area contributed by atoms with Crippen LogP contribution in [-0.4, -0.2) is 19.0 Å². The Balaban J connectivity index is 1.64. The fraction of sp³-hybridized carbons (Fsp3) is 0.611. The second kappa shape index (κ2) is 4.75. The molecular formula is C18H26N2O. The Morgan fingerprint density at radius 3 is 2.67 bits per heavy atom. The number of anilines is 1. The van der Waals surface area contributed by atoms with Crippen molar-refractivity contribution in [1.82, 2.24) is 5.32 Å². The second-order valence-electron chi connectivity index (χ2n) is 7.61. The van der Waals surface area contributed by atoms with Gasteiger partial charge in [0.25, 0.3) is 5.91 Å². The molecule has 2 aliphatic rings. The van der Waals surface area contributed by atoms with Crippen molar-refractivity contribution in [2.24, 2.45) is 16.7 Å². The van der Waals surface area contributed by atoms with Crippen molar-refractivity contribution >= 4 is 11.6 Å². The van der Waals surface area contributed by atoms with E-state index < -0.39 is 0 Å². The molecule has 0 unspecified atom stereocenters. The molecule has 21 heavy (non-hydrogen) atoms. The minimum Gasteiger partial charge on any atom is -0.385 e. The molecule has 0 radical (unpaired) electrons. The molecule has 1 aliphatic carbocycles. The molecule has 0 saturated heterocycles. The third-order valence-electron chi connectivity index (χ3n) is 6.09. The van der Waals surface area contributed by atoms with Gasteiger partial charge in [-0.15, -0.1) is 0 Å². The number of carbonyl (C=O) groups excluding carboxylic acids is 1. The highest BCUT2D eigenvalue weighted by molar-refractivity contribution is 5.95. The Bertz CT molecular complexity index is 561. The van der Waals surface area contributed by atoms with E-state index in [1.807, 2.05) is 18.2 Å². The molecule has 0 atom stereocenters. The van der Waals surface area contributed by atoms with Crippen molar-refractivity contribution < 1.29 is 4.79 Å². The van der Waals surface area contributed by atoms with E-state index in [1.54, 1.807) is 0 Å². The van der Waals surface area contributed by atoms with Crippen molar-refractivity contribution in [3.05, 3.63) is 29.3 Å². The van der Waals surface area contributed by atoms with E-state index in [9.17, 15) is 4.79 Å². The van der Waals surface area contributed by atoms with Crippen LogP contribution in [0.15, 0.2) is 18.2 Å². The van der Waals surface area contributed by atoms with Crippen molar-refractivity contribution in [2.45, 2.75) is 40.5 Å². The number of nitrogens with one attached hydrogen (secondary N) is 2. The van der Waals surface area contributed by atoms with Crippen molar-refractivity contribution in [3.8, 4) is 0 Å². The summed E-state index contributed by atoms with van der Waals surface area (Å²) in [5, 5.41) is 6.50. The summed E-state index contributed by atoms with van der Waals surface area (Å²) in [4.78, 5) is 12.4. The third kappa shape index (κ3) is 2.33. The van der Waals surface area contributed by atoms with Gasteiger partial charge in [-0.1, -0.05) is 27.7 Å². The highest BCUT2D eigenvalue weighted by atomic mass is 16.1. The predicted molar refractivity (Wildman–Crippen MR) is 86.6 cm³/mol. The van der Waals surface area contributed by atoms with Gasteiger partial charge >= 0.3 is 0 Å². The monoisotopic (exact) mass is 286 g/mol. The van der Waals surface area contributed by atoms with E-state index in [-0.39, 0.29) is 5.91 Å². The second-order valence-corrected chi connectivity index (χ2v) is 7.61. The first kappa shape index (κ1) is 14.4. The highest BCUT2D eigenvalue weighted by Crippen LogP contribution is 2.67. The lowest BCUT2D eigenvalue weighted by Gasteiger charge is -2.18. The molecule has 0 bridgehead atoms. The fourth-order valence-corrected chi connectivity index (χ4v) is 3.76. The Morgan fingerprint density at radius 1 is 1.29 bits per heavy atom. The molecule has 1 amide bonds. The van der Waals surface area contributed by atoms with Crippen LogP contribution in [0, 0.1) is 16.7 Å². The highest BCUT2D eigenvalue weighted by Gasteiger charge is 2.64. The zero-order chi connectivity index (χ0) is 15.3. The van der Waals surface area contributed by atoms with Crippen LogP contribution in [0.2, 0.25) is 0 Å². The van der Waals surface area contributed by atoms with Gasteiger partial charge in [-0.3, -0.25) is 4.79 Å². The number of fused-ring (bicyclic) bond motifs is 1. The van der Waals surface area contributed by atoms with E-state index in [0.717, 1.165) is 31.5 Å². The molecule has 3 nitrogen and oxygen atoms in total. The van der Waals surface area contributed by atoms with Crippen LogP contribution in [-0.2, 0) is 6.42 Å². The Kier molecular flexibility index (Phi) is 3.27. The first-order chi connectivity index (χ1) is 9.84. The van der Waals surface area contributed by atoms with Gasteiger partial charge in [0.15, 0.2) is 0 Å². The predicted octanol–water partition coefficient (Wildman–Crippen LogP) is 3.46. The van der Waals surface area contributed by atoms with Gasteiger partial charge in [0.1, 0.15) is 0 Å². The minimum atomic E-state index is 0.0573. The molecule has 1 aliphatic heterocycles. The lowest BCUT2D eigenvalue weighted by Crippen LogP contribution is -2.27. The van der Waals surface area contributed by atoms with Crippen molar-refractivity contribution in [2.75, 3.05) is 18.4 Å². The zero-order valence-corrected chi connectivity index (χ0v) is 13.5. The minimum absolute atomic E-state index is 0.0573. The van der Waals surface area contributed by atoms with Crippen LogP contribution >= 0.6 is 0 Å². The first-order valence-corrected chi connectivity index (χ1v) is 7.99. The maximum atomic E-state index is 12.4. The van der Waals surface area contributed by atoms with Crippen LogP contribution in [0.3, 0.4) is 0 Å². The zero-order valence-electron chi connectivity index (χ0n) is 13.5. The van der Waals surface area contributed by atoms with Gasteiger partial charge in [-0.05, 0) is 53.4 Å². The average molecular weight is 286 g/mol. The summed E-state index contributed by atoms with van der Waals surface area (Å²) in [5.74, 6) is 0.620. The largest absolute Gasteiger partial charge is 0.385 e. The molecule has 0 aromatic heterocycles. The Morgan fingerprint density at radius 2 is 2.00 bits per heavy atom. The first-order valence-electron chi connectivity index (χ1n) is 7.99. The molecule has 3 heteroatoms. The van der Waals surface area contributed by atoms with Gasteiger partial charge in [0.05, 0.1) is 0 Å². The lowest BCUT2D eigenvalue weighted by molar-refractivity contribution is 0.0950. The number of aryl methyl sites for hydroxylation is 1. The normalized spacial score (nSPS) is 22.1. The third-order valence-corrected chi connectivity index (χ3v) is 6.09. The van der Waals surface area contributed by atoms with Gasteiger partial charge in [-0.2, -0.15) is 0 Å². The Hall–Kier alpha value is -1.51. The maximum absolute atomic E-state index is 12.4. The molecule has 1 saturated carbocycles. The molecule has 2 N–H and O–H groups in total. The molecule has 3 rings (SSSR count). The summed E-state index contributed by atoms with van der Waals surface area (Å²) in [5.41, 5.74) is 3.87. The van der Waals surface area contributed by atoms with Crippen LogP contribution < -0.4 is 10.6 Å².